The smallest absolute Gasteiger partial charge is 0.163 e. The number of fused-ring (bicyclic) bond motifs is 1. The fourth-order valence-electron chi connectivity index (χ4n) is 1.83. The van der Waals surface area contributed by atoms with Gasteiger partial charge in [-0.3, -0.25) is 4.79 Å². The molecule has 0 saturated carbocycles. The van der Waals surface area contributed by atoms with Crippen molar-refractivity contribution in [3.05, 3.63) is 29.3 Å². The van der Waals surface area contributed by atoms with E-state index >= 15 is 0 Å². The van der Waals surface area contributed by atoms with E-state index in [2.05, 4.69) is 6.92 Å². The van der Waals surface area contributed by atoms with Crippen molar-refractivity contribution in [1.82, 2.24) is 0 Å². The SMILES string of the molecule is COc1ccc2c(c1)C(=O)C[C@@H]2C. The third-order valence-corrected chi connectivity index (χ3v) is 2.58. The lowest BCUT2D eigenvalue weighted by Crippen LogP contribution is -1.92. The van der Waals surface area contributed by atoms with Crippen LogP contribution in [-0.2, 0) is 0 Å². The maximum absolute atomic E-state index is 11.5. The van der Waals surface area contributed by atoms with Crippen LogP contribution in [0.2, 0.25) is 0 Å². The highest BCUT2D eigenvalue weighted by Crippen LogP contribution is 2.34. The number of hydrogen-bond acceptors (Lipinski definition) is 2. The van der Waals surface area contributed by atoms with Gasteiger partial charge < -0.3 is 4.74 Å². The number of ether oxygens (including phenoxy) is 1. The summed E-state index contributed by atoms with van der Waals surface area (Å²) < 4.78 is 5.07. The molecular formula is C11H12O2. The Bertz CT molecular complexity index is 355. The van der Waals surface area contributed by atoms with Crippen molar-refractivity contribution in [2.75, 3.05) is 7.11 Å². The Labute approximate surface area is 77.5 Å². The van der Waals surface area contributed by atoms with Gasteiger partial charge in [-0.2, -0.15) is 0 Å². The third-order valence-electron chi connectivity index (χ3n) is 2.58. The molecule has 0 heterocycles. The monoisotopic (exact) mass is 176 g/mol. The molecule has 1 aliphatic rings. The van der Waals surface area contributed by atoms with Crippen LogP contribution < -0.4 is 4.74 Å². The number of methoxy groups -OCH3 is 1. The first kappa shape index (κ1) is 8.30. The highest BCUT2D eigenvalue weighted by molar-refractivity contribution is 6.01. The van der Waals surface area contributed by atoms with Gasteiger partial charge in [-0.25, -0.2) is 0 Å². The quantitative estimate of drug-likeness (QED) is 0.656. The van der Waals surface area contributed by atoms with Gasteiger partial charge in [0.05, 0.1) is 7.11 Å². The molecule has 2 nitrogen and oxygen atoms in total. The molecule has 68 valence electrons. The van der Waals surface area contributed by atoms with Crippen molar-refractivity contribution in [2.24, 2.45) is 0 Å². The lowest BCUT2D eigenvalue weighted by Gasteiger charge is -2.04. The summed E-state index contributed by atoms with van der Waals surface area (Å²) in [6, 6.07) is 5.73. The summed E-state index contributed by atoms with van der Waals surface area (Å²) in [6.45, 7) is 2.08. The molecule has 13 heavy (non-hydrogen) atoms. The predicted molar refractivity (Wildman–Crippen MR) is 50.4 cm³/mol. The summed E-state index contributed by atoms with van der Waals surface area (Å²) >= 11 is 0. The van der Waals surface area contributed by atoms with E-state index in [4.69, 9.17) is 4.74 Å². The van der Waals surface area contributed by atoms with Crippen LogP contribution in [0.3, 0.4) is 0 Å². The van der Waals surface area contributed by atoms with E-state index < -0.39 is 0 Å². The van der Waals surface area contributed by atoms with Crippen LogP contribution in [0, 0.1) is 0 Å². The predicted octanol–water partition coefficient (Wildman–Crippen LogP) is 2.39. The Morgan fingerprint density at radius 2 is 2.23 bits per heavy atom. The van der Waals surface area contributed by atoms with Crippen LogP contribution >= 0.6 is 0 Å². The van der Waals surface area contributed by atoms with E-state index in [0.717, 1.165) is 16.9 Å². The van der Waals surface area contributed by atoms with Crippen molar-refractivity contribution in [2.45, 2.75) is 19.3 Å². The summed E-state index contributed by atoms with van der Waals surface area (Å²) in [5, 5.41) is 0. The molecule has 1 aromatic rings. The molecular weight excluding hydrogens is 164 g/mol. The summed E-state index contributed by atoms with van der Waals surface area (Å²) in [5.41, 5.74) is 2.00. The van der Waals surface area contributed by atoms with Crippen molar-refractivity contribution >= 4 is 5.78 Å². The van der Waals surface area contributed by atoms with Gasteiger partial charge >= 0.3 is 0 Å². The van der Waals surface area contributed by atoms with Gasteiger partial charge in [0.15, 0.2) is 5.78 Å². The van der Waals surface area contributed by atoms with E-state index in [1.807, 2.05) is 18.2 Å². The molecule has 0 bridgehead atoms. The molecule has 1 aliphatic carbocycles. The first-order valence-electron chi connectivity index (χ1n) is 4.43. The minimum atomic E-state index is 0.237. The molecule has 0 radical (unpaired) electrons. The Morgan fingerprint density at radius 3 is 2.92 bits per heavy atom. The zero-order chi connectivity index (χ0) is 9.42. The van der Waals surface area contributed by atoms with Crippen molar-refractivity contribution < 1.29 is 9.53 Å². The summed E-state index contributed by atoms with van der Waals surface area (Å²) in [5.74, 6) is 1.37. The second-order valence-electron chi connectivity index (χ2n) is 3.48. The Hall–Kier alpha value is -1.31. The summed E-state index contributed by atoms with van der Waals surface area (Å²) in [4.78, 5) is 11.5. The molecule has 1 aromatic carbocycles. The first-order chi connectivity index (χ1) is 6.22. The normalized spacial score (nSPS) is 20.2. The number of Topliss-reactive ketones (excluding diaryl/α,β-unsaturated/α-hetero) is 1. The fourth-order valence-corrected chi connectivity index (χ4v) is 1.83. The van der Waals surface area contributed by atoms with Crippen LogP contribution in [0.15, 0.2) is 18.2 Å². The minimum Gasteiger partial charge on any atom is -0.497 e. The number of ketones is 1. The largest absolute Gasteiger partial charge is 0.497 e. The zero-order valence-corrected chi connectivity index (χ0v) is 7.83. The Balaban J connectivity index is 2.52. The second kappa shape index (κ2) is 2.87. The molecule has 0 aromatic heterocycles. The molecule has 2 heteroatoms. The van der Waals surface area contributed by atoms with Gasteiger partial charge in [0.1, 0.15) is 5.75 Å². The van der Waals surface area contributed by atoms with Crippen LogP contribution in [0.5, 0.6) is 5.75 Å². The topological polar surface area (TPSA) is 26.3 Å². The van der Waals surface area contributed by atoms with E-state index in [0.29, 0.717) is 12.3 Å². The maximum atomic E-state index is 11.5. The van der Waals surface area contributed by atoms with E-state index in [1.54, 1.807) is 7.11 Å². The fraction of sp³-hybridized carbons (Fsp3) is 0.364. The van der Waals surface area contributed by atoms with Crippen LogP contribution in [0.25, 0.3) is 0 Å². The molecule has 0 unspecified atom stereocenters. The van der Waals surface area contributed by atoms with Gasteiger partial charge in [-0.1, -0.05) is 13.0 Å². The zero-order valence-electron chi connectivity index (χ0n) is 7.83. The standard InChI is InChI=1S/C11H12O2/c1-7-5-11(12)10-6-8(13-2)3-4-9(7)10/h3-4,6-7H,5H2,1-2H3/t7-/m0/s1. The maximum Gasteiger partial charge on any atom is 0.163 e. The van der Waals surface area contributed by atoms with E-state index in [-0.39, 0.29) is 5.78 Å². The van der Waals surface area contributed by atoms with Crippen molar-refractivity contribution in [3.8, 4) is 5.75 Å². The number of carbonyl (C=O) groups is 1. The second-order valence-corrected chi connectivity index (χ2v) is 3.48. The highest BCUT2D eigenvalue weighted by Gasteiger charge is 2.25. The van der Waals surface area contributed by atoms with Gasteiger partial charge in [-0.15, -0.1) is 0 Å². The Morgan fingerprint density at radius 1 is 1.46 bits per heavy atom. The van der Waals surface area contributed by atoms with Crippen molar-refractivity contribution in [3.63, 3.8) is 0 Å². The lowest BCUT2D eigenvalue weighted by molar-refractivity contribution is 0.0990. The Kier molecular flexibility index (Phi) is 1.83. The van der Waals surface area contributed by atoms with Gasteiger partial charge in [0.25, 0.3) is 0 Å². The summed E-state index contributed by atoms with van der Waals surface area (Å²) in [6.07, 6.45) is 0.641. The number of carbonyl (C=O) groups excluding carboxylic acids is 1. The van der Waals surface area contributed by atoms with Crippen LogP contribution in [0.4, 0.5) is 0 Å². The minimum absolute atomic E-state index is 0.237. The molecule has 0 fully saturated rings. The average Bonchev–Trinajstić information content (AvgIpc) is 2.42. The van der Waals surface area contributed by atoms with Gasteiger partial charge in [0.2, 0.25) is 0 Å². The van der Waals surface area contributed by atoms with Crippen LogP contribution in [-0.4, -0.2) is 12.9 Å². The molecule has 0 N–H and O–H groups in total. The third kappa shape index (κ3) is 1.22. The van der Waals surface area contributed by atoms with Gasteiger partial charge in [0, 0.05) is 12.0 Å². The van der Waals surface area contributed by atoms with Crippen LogP contribution in [0.1, 0.15) is 35.2 Å². The van der Waals surface area contributed by atoms with E-state index in [9.17, 15) is 4.79 Å². The molecule has 0 spiro atoms. The summed E-state index contributed by atoms with van der Waals surface area (Å²) in [7, 11) is 1.62. The number of hydrogen-bond donors (Lipinski definition) is 0. The molecule has 1 atom stereocenters. The first-order valence-corrected chi connectivity index (χ1v) is 4.43. The van der Waals surface area contributed by atoms with E-state index in [1.165, 1.54) is 0 Å². The molecule has 2 rings (SSSR count). The highest BCUT2D eigenvalue weighted by atomic mass is 16.5. The number of benzene rings is 1. The molecule has 0 amide bonds. The molecule has 0 saturated heterocycles. The molecule has 0 aliphatic heterocycles. The van der Waals surface area contributed by atoms with Crippen molar-refractivity contribution in [1.29, 1.82) is 0 Å². The number of rotatable bonds is 1. The van der Waals surface area contributed by atoms with Gasteiger partial charge in [-0.05, 0) is 23.6 Å². The average molecular weight is 176 g/mol. The lowest BCUT2D eigenvalue weighted by atomic mass is 10.0.